The molecule has 0 bridgehead atoms. The number of likely N-dealkylation sites (tertiary alicyclic amines) is 1. The maximum atomic E-state index is 12.1. The predicted octanol–water partition coefficient (Wildman–Crippen LogP) is 1.35. The fourth-order valence-corrected chi connectivity index (χ4v) is 2.54. The Morgan fingerprint density at radius 2 is 2.26 bits per heavy atom. The van der Waals surface area contributed by atoms with Gasteiger partial charge in [-0.25, -0.2) is 0 Å². The van der Waals surface area contributed by atoms with Crippen LogP contribution >= 0.6 is 12.4 Å². The molecule has 0 radical (unpaired) electrons. The maximum absolute atomic E-state index is 12.1. The summed E-state index contributed by atoms with van der Waals surface area (Å²) in [5, 5.41) is 10.8. The van der Waals surface area contributed by atoms with Gasteiger partial charge in [0.25, 0.3) is 5.91 Å². The quantitative estimate of drug-likeness (QED) is 0.616. The minimum Gasteiger partial charge on any atom is -0.490 e. The zero-order chi connectivity index (χ0) is 16.1. The number of nitro benzene ring substituents is 1. The van der Waals surface area contributed by atoms with Crippen molar-refractivity contribution >= 4 is 24.0 Å². The number of nitrogens with two attached hydrogens (primary N) is 1. The first-order chi connectivity index (χ1) is 10.6. The summed E-state index contributed by atoms with van der Waals surface area (Å²) in [5.74, 6) is 0.306. The van der Waals surface area contributed by atoms with Crippen LogP contribution in [0.15, 0.2) is 18.2 Å². The Morgan fingerprint density at radius 3 is 2.87 bits per heavy atom. The molecular formula is C14H20ClN3O5. The number of nitrogens with zero attached hydrogens (tertiary/aromatic N) is 2. The van der Waals surface area contributed by atoms with Gasteiger partial charge in [-0.1, -0.05) is 0 Å². The monoisotopic (exact) mass is 345 g/mol. The third-order valence-electron chi connectivity index (χ3n) is 3.68. The van der Waals surface area contributed by atoms with Gasteiger partial charge < -0.3 is 20.1 Å². The summed E-state index contributed by atoms with van der Waals surface area (Å²) < 4.78 is 10.4. The summed E-state index contributed by atoms with van der Waals surface area (Å²) >= 11 is 0. The van der Waals surface area contributed by atoms with Gasteiger partial charge in [-0.05, 0) is 18.9 Å². The largest absolute Gasteiger partial charge is 0.490 e. The molecule has 9 heteroatoms. The SMILES string of the molecule is COc1cc(OCC(=O)N2CCCC2CN)ccc1[N+](=O)[O-].Cl. The smallest absolute Gasteiger partial charge is 0.311 e. The van der Waals surface area contributed by atoms with E-state index < -0.39 is 4.92 Å². The van der Waals surface area contributed by atoms with Crippen molar-refractivity contribution in [1.29, 1.82) is 0 Å². The van der Waals surface area contributed by atoms with Crippen LogP contribution < -0.4 is 15.2 Å². The normalized spacial score (nSPS) is 16.6. The molecule has 0 saturated carbocycles. The lowest BCUT2D eigenvalue weighted by Gasteiger charge is -2.23. The summed E-state index contributed by atoms with van der Waals surface area (Å²) in [6.45, 7) is 1.00. The van der Waals surface area contributed by atoms with E-state index in [-0.39, 0.29) is 42.4 Å². The van der Waals surface area contributed by atoms with Gasteiger partial charge in [0.2, 0.25) is 5.75 Å². The zero-order valence-electron chi connectivity index (χ0n) is 12.8. The molecular weight excluding hydrogens is 326 g/mol. The summed E-state index contributed by atoms with van der Waals surface area (Å²) in [7, 11) is 1.34. The summed E-state index contributed by atoms with van der Waals surface area (Å²) in [6, 6.07) is 4.20. The third-order valence-corrected chi connectivity index (χ3v) is 3.68. The lowest BCUT2D eigenvalue weighted by Crippen LogP contribution is -2.42. The summed E-state index contributed by atoms with van der Waals surface area (Å²) in [6.07, 6.45) is 1.85. The molecule has 1 aliphatic rings. The third kappa shape index (κ3) is 4.46. The molecule has 1 heterocycles. The first-order valence-corrected chi connectivity index (χ1v) is 7.01. The van der Waals surface area contributed by atoms with E-state index in [4.69, 9.17) is 15.2 Å². The molecule has 0 spiro atoms. The lowest BCUT2D eigenvalue weighted by atomic mass is 10.2. The Labute approximate surface area is 140 Å². The van der Waals surface area contributed by atoms with Crippen LogP contribution in [0.2, 0.25) is 0 Å². The highest BCUT2D eigenvalue weighted by molar-refractivity contribution is 5.85. The van der Waals surface area contributed by atoms with Crippen LogP contribution in [-0.4, -0.2) is 48.6 Å². The maximum Gasteiger partial charge on any atom is 0.311 e. The molecule has 1 unspecified atom stereocenters. The van der Waals surface area contributed by atoms with Gasteiger partial charge in [0.1, 0.15) is 5.75 Å². The number of methoxy groups -OCH3 is 1. The number of carbonyl (C=O) groups excluding carboxylic acids is 1. The van der Waals surface area contributed by atoms with Crippen molar-refractivity contribution in [2.24, 2.45) is 5.73 Å². The van der Waals surface area contributed by atoms with E-state index in [1.165, 1.54) is 25.3 Å². The fourth-order valence-electron chi connectivity index (χ4n) is 2.54. The van der Waals surface area contributed by atoms with E-state index in [2.05, 4.69) is 0 Å². The van der Waals surface area contributed by atoms with Gasteiger partial charge in [-0.2, -0.15) is 0 Å². The molecule has 1 saturated heterocycles. The van der Waals surface area contributed by atoms with Crippen molar-refractivity contribution in [3.05, 3.63) is 28.3 Å². The van der Waals surface area contributed by atoms with E-state index >= 15 is 0 Å². The van der Waals surface area contributed by atoms with Crippen molar-refractivity contribution in [3.8, 4) is 11.5 Å². The van der Waals surface area contributed by atoms with Crippen LogP contribution in [0.5, 0.6) is 11.5 Å². The van der Waals surface area contributed by atoms with Crippen LogP contribution in [0.3, 0.4) is 0 Å². The highest BCUT2D eigenvalue weighted by Crippen LogP contribution is 2.30. The fraction of sp³-hybridized carbons (Fsp3) is 0.500. The van der Waals surface area contributed by atoms with Crippen molar-refractivity contribution < 1.29 is 19.2 Å². The van der Waals surface area contributed by atoms with Crippen molar-refractivity contribution in [2.45, 2.75) is 18.9 Å². The number of benzene rings is 1. The minimum absolute atomic E-state index is 0. The molecule has 23 heavy (non-hydrogen) atoms. The van der Waals surface area contributed by atoms with Gasteiger partial charge in [0.05, 0.1) is 12.0 Å². The first kappa shape index (κ1) is 19.0. The molecule has 8 nitrogen and oxygen atoms in total. The topological polar surface area (TPSA) is 108 Å². The number of amides is 1. The van der Waals surface area contributed by atoms with Gasteiger partial charge >= 0.3 is 5.69 Å². The highest BCUT2D eigenvalue weighted by Gasteiger charge is 2.27. The number of hydrogen-bond acceptors (Lipinski definition) is 6. The molecule has 0 aliphatic carbocycles. The average Bonchev–Trinajstić information content (AvgIpc) is 3.00. The van der Waals surface area contributed by atoms with Crippen LogP contribution in [-0.2, 0) is 4.79 Å². The number of rotatable bonds is 6. The van der Waals surface area contributed by atoms with E-state index in [9.17, 15) is 14.9 Å². The van der Waals surface area contributed by atoms with Gasteiger partial charge in [-0.3, -0.25) is 14.9 Å². The lowest BCUT2D eigenvalue weighted by molar-refractivity contribution is -0.385. The molecule has 128 valence electrons. The van der Waals surface area contributed by atoms with E-state index in [1.54, 1.807) is 4.90 Å². The van der Waals surface area contributed by atoms with Crippen molar-refractivity contribution in [3.63, 3.8) is 0 Å². The van der Waals surface area contributed by atoms with Gasteiger partial charge in [0, 0.05) is 31.3 Å². The number of halogens is 1. The van der Waals surface area contributed by atoms with Crippen LogP contribution in [0, 0.1) is 10.1 Å². The first-order valence-electron chi connectivity index (χ1n) is 7.01. The standard InChI is InChI=1S/C14H19N3O5.ClH/c1-21-13-7-11(4-5-12(13)17(19)20)22-9-14(18)16-6-2-3-10(16)8-15;/h4-5,7,10H,2-3,6,8-9,15H2,1H3;1H. The zero-order valence-corrected chi connectivity index (χ0v) is 13.6. The Morgan fingerprint density at radius 1 is 1.52 bits per heavy atom. The van der Waals surface area contributed by atoms with Crippen molar-refractivity contribution in [1.82, 2.24) is 4.90 Å². The Kier molecular flexibility index (Phi) is 7.05. The second-order valence-electron chi connectivity index (χ2n) is 5.00. The summed E-state index contributed by atoms with van der Waals surface area (Å²) in [4.78, 5) is 24.1. The second-order valence-corrected chi connectivity index (χ2v) is 5.00. The minimum atomic E-state index is -0.538. The molecule has 1 aromatic rings. The number of carbonyl (C=O) groups is 1. The van der Waals surface area contributed by atoms with Crippen LogP contribution in [0.4, 0.5) is 5.69 Å². The molecule has 1 atom stereocenters. The summed E-state index contributed by atoms with van der Waals surface area (Å²) in [5.41, 5.74) is 5.49. The number of hydrogen-bond donors (Lipinski definition) is 1. The molecule has 1 aliphatic heterocycles. The molecule has 1 aromatic carbocycles. The van der Waals surface area contributed by atoms with Crippen molar-refractivity contribution in [2.75, 3.05) is 26.8 Å². The van der Waals surface area contributed by atoms with Gasteiger partial charge in [0.15, 0.2) is 6.61 Å². The molecule has 2 N–H and O–H groups in total. The molecule has 1 fully saturated rings. The average molecular weight is 346 g/mol. The Bertz CT molecular complexity index is 569. The molecule has 0 aromatic heterocycles. The van der Waals surface area contributed by atoms with Gasteiger partial charge in [-0.15, -0.1) is 12.4 Å². The van der Waals surface area contributed by atoms with E-state index in [0.717, 1.165) is 12.8 Å². The van der Waals surface area contributed by atoms with Crippen LogP contribution in [0.25, 0.3) is 0 Å². The number of ether oxygens (including phenoxy) is 2. The number of nitro groups is 1. The molecule has 2 rings (SSSR count). The Balaban J connectivity index is 0.00000264. The Hall–Kier alpha value is -2.06. The second kappa shape index (κ2) is 8.54. The van der Waals surface area contributed by atoms with E-state index in [1.807, 2.05) is 0 Å². The molecule has 1 amide bonds. The van der Waals surface area contributed by atoms with E-state index in [0.29, 0.717) is 18.8 Å². The highest BCUT2D eigenvalue weighted by atomic mass is 35.5. The van der Waals surface area contributed by atoms with Crippen LogP contribution in [0.1, 0.15) is 12.8 Å². The predicted molar refractivity (Wildman–Crippen MR) is 86.2 cm³/mol.